The van der Waals surface area contributed by atoms with Gasteiger partial charge >= 0.3 is 5.97 Å². The van der Waals surface area contributed by atoms with Gasteiger partial charge in [0.2, 0.25) is 0 Å². The van der Waals surface area contributed by atoms with E-state index in [4.69, 9.17) is 15.2 Å². The molecule has 112 valence electrons. The SMILES string of the molecule is COC(=O)C(C)(C)CC(N)c1cc(Br)c(F)cc1OC. The van der Waals surface area contributed by atoms with Crippen molar-refractivity contribution in [3.05, 3.63) is 28.0 Å². The largest absolute Gasteiger partial charge is 0.496 e. The summed E-state index contributed by atoms with van der Waals surface area (Å²) in [4.78, 5) is 11.7. The number of hydrogen-bond donors (Lipinski definition) is 1. The molecule has 1 atom stereocenters. The maximum absolute atomic E-state index is 13.5. The average Bonchev–Trinajstić information content (AvgIpc) is 2.39. The third kappa shape index (κ3) is 3.70. The van der Waals surface area contributed by atoms with Gasteiger partial charge in [-0.2, -0.15) is 0 Å². The normalized spacial score (nSPS) is 12.9. The van der Waals surface area contributed by atoms with Gasteiger partial charge in [-0.1, -0.05) is 0 Å². The van der Waals surface area contributed by atoms with Crippen LogP contribution in [0.15, 0.2) is 16.6 Å². The minimum absolute atomic E-state index is 0.305. The molecule has 2 N–H and O–H groups in total. The van der Waals surface area contributed by atoms with Crippen LogP contribution in [0.4, 0.5) is 4.39 Å². The van der Waals surface area contributed by atoms with Gasteiger partial charge in [-0.15, -0.1) is 0 Å². The van der Waals surface area contributed by atoms with Crippen LogP contribution in [0.1, 0.15) is 31.9 Å². The van der Waals surface area contributed by atoms with Crippen molar-refractivity contribution >= 4 is 21.9 Å². The molecule has 0 bridgehead atoms. The molecule has 0 saturated heterocycles. The molecule has 0 heterocycles. The number of carbonyl (C=O) groups is 1. The smallest absolute Gasteiger partial charge is 0.311 e. The van der Waals surface area contributed by atoms with Crippen molar-refractivity contribution in [2.75, 3.05) is 14.2 Å². The Balaban J connectivity index is 3.06. The quantitative estimate of drug-likeness (QED) is 0.831. The van der Waals surface area contributed by atoms with Crippen LogP contribution >= 0.6 is 15.9 Å². The summed E-state index contributed by atoms with van der Waals surface area (Å²) >= 11 is 3.12. The molecule has 0 aliphatic carbocycles. The van der Waals surface area contributed by atoms with Crippen LogP contribution in [0.3, 0.4) is 0 Å². The second-order valence-corrected chi connectivity index (χ2v) is 6.05. The minimum Gasteiger partial charge on any atom is -0.496 e. The zero-order valence-corrected chi connectivity index (χ0v) is 13.6. The van der Waals surface area contributed by atoms with E-state index < -0.39 is 17.3 Å². The summed E-state index contributed by atoms with van der Waals surface area (Å²) in [5.41, 5.74) is 6.04. The summed E-state index contributed by atoms with van der Waals surface area (Å²) in [6.45, 7) is 3.51. The molecule has 4 nitrogen and oxygen atoms in total. The molecule has 0 radical (unpaired) electrons. The fourth-order valence-corrected chi connectivity index (χ4v) is 2.39. The third-order valence-corrected chi connectivity index (χ3v) is 3.75. The van der Waals surface area contributed by atoms with Crippen molar-refractivity contribution in [1.82, 2.24) is 0 Å². The van der Waals surface area contributed by atoms with E-state index >= 15 is 0 Å². The Labute approximate surface area is 126 Å². The van der Waals surface area contributed by atoms with Gasteiger partial charge in [-0.3, -0.25) is 4.79 Å². The summed E-state index contributed by atoms with van der Waals surface area (Å²) in [5.74, 6) is -0.406. The van der Waals surface area contributed by atoms with E-state index in [2.05, 4.69) is 15.9 Å². The number of esters is 1. The number of carbonyl (C=O) groups excluding carboxylic acids is 1. The van der Waals surface area contributed by atoms with Crippen LogP contribution in [0.5, 0.6) is 5.75 Å². The van der Waals surface area contributed by atoms with Gasteiger partial charge in [0.15, 0.2) is 0 Å². The van der Waals surface area contributed by atoms with Crippen LogP contribution in [0, 0.1) is 11.2 Å². The highest BCUT2D eigenvalue weighted by Crippen LogP contribution is 2.36. The second kappa shape index (κ2) is 6.54. The molecule has 0 aliphatic heterocycles. The second-order valence-electron chi connectivity index (χ2n) is 5.19. The lowest BCUT2D eigenvalue weighted by atomic mass is 9.83. The van der Waals surface area contributed by atoms with Crippen LogP contribution < -0.4 is 10.5 Å². The zero-order valence-electron chi connectivity index (χ0n) is 12.0. The first-order valence-corrected chi connectivity index (χ1v) is 6.89. The minimum atomic E-state index is -0.736. The molecule has 0 fully saturated rings. The van der Waals surface area contributed by atoms with Gasteiger partial charge in [0.25, 0.3) is 0 Å². The molecule has 0 aromatic heterocycles. The Hall–Kier alpha value is -1.14. The highest BCUT2D eigenvalue weighted by atomic mass is 79.9. The van der Waals surface area contributed by atoms with Crippen molar-refractivity contribution < 1.29 is 18.7 Å². The fourth-order valence-electron chi connectivity index (χ4n) is 2.03. The van der Waals surface area contributed by atoms with Crippen molar-refractivity contribution in [1.29, 1.82) is 0 Å². The highest BCUT2D eigenvalue weighted by molar-refractivity contribution is 9.10. The summed E-state index contributed by atoms with van der Waals surface area (Å²) in [5, 5.41) is 0. The van der Waals surface area contributed by atoms with E-state index in [9.17, 15) is 9.18 Å². The van der Waals surface area contributed by atoms with E-state index in [-0.39, 0.29) is 5.97 Å². The molecule has 0 amide bonds. The lowest BCUT2D eigenvalue weighted by Crippen LogP contribution is -2.30. The van der Waals surface area contributed by atoms with Crippen molar-refractivity contribution in [3.8, 4) is 5.75 Å². The number of rotatable bonds is 5. The molecular weight excluding hydrogens is 329 g/mol. The summed E-state index contributed by atoms with van der Waals surface area (Å²) in [6, 6.07) is 2.37. The van der Waals surface area contributed by atoms with Crippen molar-refractivity contribution in [3.63, 3.8) is 0 Å². The predicted octanol–water partition coefficient (Wildman–Crippen LogP) is 3.19. The van der Waals surface area contributed by atoms with Gasteiger partial charge in [0.1, 0.15) is 11.6 Å². The monoisotopic (exact) mass is 347 g/mol. The molecule has 0 aliphatic rings. The molecule has 1 unspecified atom stereocenters. The maximum Gasteiger partial charge on any atom is 0.311 e. The first-order chi connectivity index (χ1) is 9.22. The van der Waals surface area contributed by atoms with Gasteiger partial charge in [-0.05, 0) is 42.3 Å². The fraction of sp³-hybridized carbons (Fsp3) is 0.500. The topological polar surface area (TPSA) is 61.5 Å². The molecule has 0 saturated carbocycles. The van der Waals surface area contributed by atoms with Gasteiger partial charge in [0, 0.05) is 17.7 Å². The van der Waals surface area contributed by atoms with E-state index in [1.165, 1.54) is 20.3 Å². The predicted molar refractivity (Wildman–Crippen MR) is 78.0 cm³/mol. The molecule has 20 heavy (non-hydrogen) atoms. The number of nitrogens with two attached hydrogens (primary N) is 1. The number of methoxy groups -OCH3 is 2. The van der Waals surface area contributed by atoms with Crippen molar-refractivity contribution in [2.24, 2.45) is 11.1 Å². The zero-order chi connectivity index (χ0) is 15.5. The summed E-state index contributed by atoms with van der Waals surface area (Å²) in [7, 11) is 2.79. The molecule has 1 rings (SSSR count). The van der Waals surface area contributed by atoms with Gasteiger partial charge < -0.3 is 15.2 Å². The Kier molecular flexibility index (Phi) is 5.53. The lowest BCUT2D eigenvalue weighted by molar-refractivity contribution is -0.151. The Morgan fingerprint density at radius 1 is 1.45 bits per heavy atom. The van der Waals surface area contributed by atoms with E-state index in [1.807, 2.05) is 0 Å². The van der Waals surface area contributed by atoms with Crippen LogP contribution in [-0.4, -0.2) is 20.2 Å². The average molecular weight is 348 g/mol. The van der Waals surface area contributed by atoms with E-state index in [1.54, 1.807) is 19.9 Å². The number of ether oxygens (including phenoxy) is 2. The number of benzene rings is 1. The van der Waals surface area contributed by atoms with Crippen LogP contribution in [0.25, 0.3) is 0 Å². The first-order valence-electron chi connectivity index (χ1n) is 6.10. The van der Waals surface area contributed by atoms with Crippen molar-refractivity contribution in [2.45, 2.75) is 26.3 Å². The molecule has 6 heteroatoms. The third-order valence-electron chi connectivity index (χ3n) is 3.14. The highest BCUT2D eigenvalue weighted by Gasteiger charge is 2.32. The summed E-state index contributed by atoms with van der Waals surface area (Å²) < 4.78 is 23.7. The van der Waals surface area contributed by atoms with Crippen LogP contribution in [0.2, 0.25) is 0 Å². The standard InChI is InChI=1S/C14H19BrFNO3/c1-14(2,13(18)20-4)7-11(17)8-5-9(15)10(16)6-12(8)19-3/h5-6,11H,7,17H2,1-4H3. The Morgan fingerprint density at radius 3 is 2.55 bits per heavy atom. The van der Waals surface area contributed by atoms with Crippen LogP contribution in [-0.2, 0) is 9.53 Å². The van der Waals surface area contributed by atoms with Gasteiger partial charge in [0.05, 0.1) is 24.1 Å². The Morgan fingerprint density at radius 2 is 2.05 bits per heavy atom. The van der Waals surface area contributed by atoms with Gasteiger partial charge in [-0.25, -0.2) is 4.39 Å². The van der Waals surface area contributed by atoms with E-state index in [0.29, 0.717) is 22.2 Å². The molecule has 0 spiro atoms. The lowest BCUT2D eigenvalue weighted by Gasteiger charge is -2.26. The Bertz CT molecular complexity index is 505. The molecular formula is C14H19BrFNO3. The first kappa shape index (κ1) is 16.9. The van der Waals surface area contributed by atoms with E-state index in [0.717, 1.165) is 0 Å². The maximum atomic E-state index is 13.5. The number of hydrogen-bond acceptors (Lipinski definition) is 4. The molecule has 1 aromatic rings. The summed E-state index contributed by atoms with van der Waals surface area (Å²) in [6.07, 6.45) is 0.355. The molecule has 1 aromatic carbocycles. The number of halogens is 2.